The van der Waals surface area contributed by atoms with Crippen LogP contribution in [-0.4, -0.2) is 17.8 Å². The van der Waals surface area contributed by atoms with Crippen molar-refractivity contribution >= 4 is 11.7 Å². The van der Waals surface area contributed by atoms with Gasteiger partial charge in [-0.05, 0) is 26.0 Å². The maximum absolute atomic E-state index is 11.1. The maximum atomic E-state index is 11.1. The van der Waals surface area contributed by atoms with Gasteiger partial charge in [-0.25, -0.2) is 0 Å². The Morgan fingerprint density at radius 2 is 2.07 bits per heavy atom. The van der Waals surface area contributed by atoms with Crippen LogP contribution in [0.1, 0.15) is 24.2 Å². The molecule has 0 spiro atoms. The third kappa shape index (κ3) is 3.09. The van der Waals surface area contributed by atoms with Gasteiger partial charge in [0.05, 0.1) is 0 Å². The van der Waals surface area contributed by atoms with Gasteiger partial charge in [-0.15, -0.1) is 0 Å². The van der Waals surface area contributed by atoms with Gasteiger partial charge in [0.15, 0.2) is 11.9 Å². The van der Waals surface area contributed by atoms with Crippen molar-refractivity contribution in [3.63, 3.8) is 0 Å². The first-order valence-corrected chi connectivity index (χ1v) is 4.57. The molecule has 0 saturated heterocycles. The molecule has 80 valence electrons. The van der Waals surface area contributed by atoms with E-state index in [-0.39, 0.29) is 5.78 Å². The van der Waals surface area contributed by atoms with Gasteiger partial charge < -0.3 is 10.5 Å². The highest BCUT2D eigenvalue weighted by Gasteiger charge is 2.10. The normalized spacial score (nSPS) is 11.9. The van der Waals surface area contributed by atoms with Crippen LogP contribution in [0.3, 0.4) is 0 Å². The molecule has 1 aromatic rings. The molecule has 0 fully saturated rings. The molecule has 0 aliphatic carbocycles. The van der Waals surface area contributed by atoms with Gasteiger partial charge in [0.25, 0.3) is 5.91 Å². The molecule has 0 saturated carbocycles. The Hall–Kier alpha value is -1.84. The lowest BCUT2D eigenvalue weighted by atomic mass is 10.1. The zero-order chi connectivity index (χ0) is 11.4. The number of hydrogen-bond donors (Lipinski definition) is 1. The first-order chi connectivity index (χ1) is 7.00. The average molecular weight is 207 g/mol. The Balaban J connectivity index is 2.82. The first kappa shape index (κ1) is 11.2. The first-order valence-electron chi connectivity index (χ1n) is 4.57. The quantitative estimate of drug-likeness (QED) is 0.753. The molecule has 15 heavy (non-hydrogen) atoms. The molecular formula is C11H13NO3. The predicted octanol–water partition coefficient (Wildman–Crippen LogP) is 1.14. The van der Waals surface area contributed by atoms with E-state index < -0.39 is 12.0 Å². The highest BCUT2D eigenvalue weighted by Crippen LogP contribution is 2.15. The summed E-state index contributed by atoms with van der Waals surface area (Å²) in [6.45, 7) is 3.03. The lowest BCUT2D eigenvalue weighted by Crippen LogP contribution is -2.30. The van der Waals surface area contributed by atoms with Crippen molar-refractivity contribution < 1.29 is 14.3 Å². The summed E-state index contributed by atoms with van der Waals surface area (Å²) < 4.78 is 5.24. The van der Waals surface area contributed by atoms with E-state index in [4.69, 9.17) is 10.5 Å². The number of ketones is 1. The van der Waals surface area contributed by atoms with E-state index in [9.17, 15) is 9.59 Å². The standard InChI is InChI=1S/C11H13NO3/c1-7(13)9-4-3-5-10(6-9)15-8(2)11(12)14/h3-6,8H,1-2H3,(H2,12,14)/t8-/m1/s1. The van der Waals surface area contributed by atoms with Gasteiger partial charge in [0.2, 0.25) is 0 Å². The van der Waals surface area contributed by atoms with Crippen LogP contribution in [0.2, 0.25) is 0 Å². The van der Waals surface area contributed by atoms with Crippen molar-refractivity contribution in [2.45, 2.75) is 20.0 Å². The minimum Gasteiger partial charge on any atom is -0.481 e. The van der Waals surface area contributed by atoms with Gasteiger partial charge in [-0.3, -0.25) is 9.59 Å². The van der Waals surface area contributed by atoms with Crippen LogP contribution in [0.15, 0.2) is 24.3 Å². The summed E-state index contributed by atoms with van der Waals surface area (Å²) >= 11 is 0. The Morgan fingerprint density at radius 1 is 1.40 bits per heavy atom. The molecule has 0 aromatic heterocycles. The number of ether oxygens (including phenoxy) is 1. The minimum atomic E-state index is -0.702. The smallest absolute Gasteiger partial charge is 0.258 e. The molecule has 0 radical (unpaired) electrons. The fourth-order valence-electron chi connectivity index (χ4n) is 1.05. The van der Waals surface area contributed by atoms with E-state index in [0.717, 1.165) is 0 Å². The Morgan fingerprint density at radius 3 is 2.60 bits per heavy atom. The zero-order valence-electron chi connectivity index (χ0n) is 8.69. The number of amides is 1. The predicted molar refractivity (Wildman–Crippen MR) is 55.7 cm³/mol. The monoisotopic (exact) mass is 207 g/mol. The van der Waals surface area contributed by atoms with Crippen LogP contribution in [0.25, 0.3) is 0 Å². The number of Topliss-reactive ketones (excluding diaryl/α,β-unsaturated/α-hetero) is 1. The number of rotatable bonds is 4. The summed E-state index contributed by atoms with van der Waals surface area (Å²) in [5.74, 6) is -0.121. The van der Waals surface area contributed by atoms with E-state index in [2.05, 4.69) is 0 Å². The topological polar surface area (TPSA) is 69.4 Å². The third-order valence-corrected chi connectivity index (χ3v) is 1.95. The van der Waals surface area contributed by atoms with Gasteiger partial charge in [-0.1, -0.05) is 12.1 Å². The molecule has 1 aromatic carbocycles. The van der Waals surface area contributed by atoms with Crippen molar-refractivity contribution in [3.05, 3.63) is 29.8 Å². The summed E-state index contributed by atoms with van der Waals surface area (Å²) in [5.41, 5.74) is 5.60. The number of carbonyl (C=O) groups is 2. The van der Waals surface area contributed by atoms with Crippen LogP contribution in [0.4, 0.5) is 0 Å². The van der Waals surface area contributed by atoms with Crippen molar-refractivity contribution in [3.8, 4) is 5.75 Å². The molecule has 1 atom stereocenters. The van der Waals surface area contributed by atoms with Crippen LogP contribution >= 0.6 is 0 Å². The van der Waals surface area contributed by atoms with Crippen LogP contribution in [-0.2, 0) is 4.79 Å². The second kappa shape index (κ2) is 4.59. The number of benzene rings is 1. The van der Waals surface area contributed by atoms with E-state index in [1.54, 1.807) is 31.2 Å². The number of hydrogen-bond acceptors (Lipinski definition) is 3. The SMILES string of the molecule is CC(=O)c1cccc(O[C@H](C)C(N)=O)c1. The van der Waals surface area contributed by atoms with Crippen molar-refractivity contribution in [2.24, 2.45) is 5.73 Å². The highest BCUT2D eigenvalue weighted by molar-refractivity contribution is 5.94. The zero-order valence-corrected chi connectivity index (χ0v) is 8.69. The van der Waals surface area contributed by atoms with E-state index in [0.29, 0.717) is 11.3 Å². The molecule has 0 bridgehead atoms. The largest absolute Gasteiger partial charge is 0.481 e. The second-order valence-electron chi connectivity index (χ2n) is 3.25. The summed E-state index contributed by atoms with van der Waals surface area (Å²) in [6.07, 6.45) is -0.702. The van der Waals surface area contributed by atoms with Crippen molar-refractivity contribution in [1.82, 2.24) is 0 Å². The molecule has 1 rings (SSSR count). The fraction of sp³-hybridized carbons (Fsp3) is 0.273. The van der Waals surface area contributed by atoms with Gasteiger partial charge in [0, 0.05) is 5.56 Å². The maximum Gasteiger partial charge on any atom is 0.258 e. The van der Waals surface area contributed by atoms with E-state index in [1.807, 2.05) is 0 Å². The molecule has 4 heteroatoms. The molecule has 4 nitrogen and oxygen atoms in total. The molecule has 0 heterocycles. The van der Waals surface area contributed by atoms with Crippen molar-refractivity contribution in [2.75, 3.05) is 0 Å². The number of primary amides is 1. The van der Waals surface area contributed by atoms with Crippen LogP contribution < -0.4 is 10.5 Å². The molecule has 0 unspecified atom stereocenters. The van der Waals surface area contributed by atoms with Gasteiger partial charge >= 0.3 is 0 Å². The Kier molecular flexibility index (Phi) is 3.44. The lowest BCUT2D eigenvalue weighted by Gasteiger charge is -2.11. The summed E-state index contributed by atoms with van der Waals surface area (Å²) in [5, 5.41) is 0. The van der Waals surface area contributed by atoms with Crippen molar-refractivity contribution in [1.29, 1.82) is 0 Å². The summed E-state index contributed by atoms with van der Waals surface area (Å²) in [7, 11) is 0. The Bertz CT molecular complexity index is 387. The highest BCUT2D eigenvalue weighted by atomic mass is 16.5. The number of carbonyl (C=O) groups excluding carboxylic acids is 2. The molecule has 2 N–H and O–H groups in total. The van der Waals surface area contributed by atoms with Gasteiger partial charge in [-0.2, -0.15) is 0 Å². The molecule has 0 aliphatic rings. The fourth-order valence-corrected chi connectivity index (χ4v) is 1.05. The Labute approximate surface area is 88.0 Å². The average Bonchev–Trinajstić information content (AvgIpc) is 2.18. The van der Waals surface area contributed by atoms with Crippen LogP contribution in [0.5, 0.6) is 5.75 Å². The lowest BCUT2D eigenvalue weighted by molar-refractivity contribution is -0.123. The van der Waals surface area contributed by atoms with E-state index >= 15 is 0 Å². The molecule has 0 aliphatic heterocycles. The molecular weight excluding hydrogens is 194 g/mol. The summed E-state index contributed by atoms with van der Waals surface area (Å²) in [6, 6.07) is 6.64. The minimum absolute atomic E-state index is 0.0489. The van der Waals surface area contributed by atoms with Crippen LogP contribution in [0, 0.1) is 0 Å². The summed E-state index contributed by atoms with van der Waals surface area (Å²) in [4.78, 5) is 21.8. The van der Waals surface area contributed by atoms with E-state index in [1.165, 1.54) is 6.92 Å². The molecule has 1 amide bonds. The van der Waals surface area contributed by atoms with Gasteiger partial charge in [0.1, 0.15) is 5.75 Å². The third-order valence-electron chi connectivity index (χ3n) is 1.95. The number of nitrogens with two attached hydrogens (primary N) is 1. The second-order valence-corrected chi connectivity index (χ2v) is 3.25.